The van der Waals surface area contributed by atoms with E-state index in [9.17, 15) is 4.79 Å². The molecule has 3 aromatic rings. The van der Waals surface area contributed by atoms with Crippen molar-refractivity contribution < 1.29 is 14.3 Å². The van der Waals surface area contributed by atoms with Crippen molar-refractivity contribution in [2.45, 2.75) is 19.4 Å². The van der Waals surface area contributed by atoms with Crippen molar-refractivity contribution in [3.63, 3.8) is 0 Å². The predicted octanol–water partition coefficient (Wildman–Crippen LogP) is 3.40. The second-order valence-electron chi connectivity index (χ2n) is 7.58. The molecule has 0 saturated carbocycles. The number of piperidine rings is 1. The van der Waals surface area contributed by atoms with E-state index in [4.69, 9.17) is 14.5 Å². The molecule has 5 rings (SSSR count). The Morgan fingerprint density at radius 2 is 2.04 bits per heavy atom. The number of nitrogens with zero attached hydrogens (tertiary/aromatic N) is 3. The summed E-state index contributed by atoms with van der Waals surface area (Å²) >= 11 is 0. The average Bonchev–Trinajstić information content (AvgIpc) is 3.32. The third kappa shape index (κ3) is 3.03. The number of hydrogen-bond acceptors (Lipinski definition) is 5. The lowest BCUT2D eigenvalue weighted by atomic mass is 9.90. The summed E-state index contributed by atoms with van der Waals surface area (Å²) in [6, 6.07) is 13.7. The fourth-order valence-corrected chi connectivity index (χ4v) is 4.24. The van der Waals surface area contributed by atoms with Crippen molar-refractivity contribution >= 4 is 16.8 Å². The van der Waals surface area contributed by atoms with Crippen LogP contribution in [0.5, 0.6) is 11.5 Å². The molecule has 144 valence electrons. The number of Topliss-reactive ketones (excluding diaryl/α,β-unsaturated/α-hetero) is 1. The Morgan fingerprint density at radius 1 is 1.18 bits per heavy atom. The van der Waals surface area contributed by atoms with E-state index >= 15 is 0 Å². The van der Waals surface area contributed by atoms with Crippen LogP contribution in [-0.4, -0.2) is 40.1 Å². The zero-order chi connectivity index (χ0) is 19.1. The molecule has 0 bridgehead atoms. The monoisotopic (exact) mass is 377 g/mol. The molecule has 2 aliphatic rings. The summed E-state index contributed by atoms with van der Waals surface area (Å²) in [5, 5.41) is 0. The molecule has 0 aliphatic carbocycles. The Bertz CT molecular complexity index is 1040. The lowest BCUT2D eigenvalue weighted by Gasteiger charge is -2.31. The Morgan fingerprint density at radius 3 is 2.93 bits per heavy atom. The first-order chi connectivity index (χ1) is 13.7. The SMILES string of the molecule is Cn1c(CN2CCC[C@@H](C(=O)c3ccc4c(c3)OCO4)C2)nc2ccccc21. The number of ketones is 1. The molecule has 6 heteroatoms. The fraction of sp³-hybridized carbons (Fsp3) is 0.364. The summed E-state index contributed by atoms with van der Waals surface area (Å²) in [5.41, 5.74) is 2.87. The minimum Gasteiger partial charge on any atom is -0.454 e. The first kappa shape index (κ1) is 17.3. The quantitative estimate of drug-likeness (QED) is 0.653. The van der Waals surface area contributed by atoms with Crippen LogP contribution in [0.4, 0.5) is 0 Å². The lowest BCUT2D eigenvalue weighted by molar-refractivity contribution is 0.0807. The van der Waals surface area contributed by atoms with E-state index in [1.807, 2.05) is 36.4 Å². The maximum absolute atomic E-state index is 13.1. The zero-order valence-corrected chi connectivity index (χ0v) is 15.9. The number of para-hydroxylation sites is 2. The minimum absolute atomic E-state index is 0.00352. The van der Waals surface area contributed by atoms with Gasteiger partial charge in [-0.2, -0.15) is 0 Å². The van der Waals surface area contributed by atoms with Gasteiger partial charge in [0.25, 0.3) is 0 Å². The number of carbonyl (C=O) groups is 1. The molecule has 6 nitrogen and oxygen atoms in total. The van der Waals surface area contributed by atoms with Crippen molar-refractivity contribution in [3.8, 4) is 11.5 Å². The van der Waals surface area contributed by atoms with Crippen molar-refractivity contribution in [1.82, 2.24) is 14.5 Å². The smallest absolute Gasteiger partial charge is 0.231 e. The van der Waals surface area contributed by atoms with Gasteiger partial charge in [-0.05, 0) is 49.7 Å². The van der Waals surface area contributed by atoms with Gasteiger partial charge in [-0.25, -0.2) is 4.98 Å². The largest absolute Gasteiger partial charge is 0.454 e. The standard InChI is InChI=1S/C22H23N3O3/c1-24-18-7-3-2-6-17(18)23-21(24)13-25-10-4-5-16(12-25)22(26)15-8-9-19-20(11-15)28-14-27-19/h2-3,6-9,11,16H,4-5,10,12-14H2,1H3/t16-/m1/s1. The number of aromatic nitrogens is 2. The number of benzene rings is 2. The van der Waals surface area contributed by atoms with Crippen LogP contribution in [0.3, 0.4) is 0 Å². The first-order valence-electron chi connectivity index (χ1n) is 9.75. The zero-order valence-electron chi connectivity index (χ0n) is 15.9. The molecule has 0 unspecified atom stereocenters. The van der Waals surface area contributed by atoms with Crippen molar-refractivity contribution in [3.05, 3.63) is 53.9 Å². The number of rotatable bonds is 4. The van der Waals surface area contributed by atoms with Crippen LogP contribution < -0.4 is 9.47 Å². The number of hydrogen-bond donors (Lipinski definition) is 0. The Kier molecular flexibility index (Phi) is 4.28. The highest BCUT2D eigenvalue weighted by Gasteiger charge is 2.28. The van der Waals surface area contributed by atoms with Gasteiger partial charge in [-0.15, -0.1) is 0 Å². The maximum atomic E-state index is 13.1. The molecule has 1 atom stereocenters. The van der Waals surface area contributed by atoms with E-state index in [2.05, 4.69) is 22.6 Å². The van der Waals surface area contributed by atoms with Gasteiger partial charge < -0.3 is 14.0 Å². The van der Waals surface area contributed by atoms with Crippen LogP contribution >= 0.6 is 0 Å². The van der Waals surface area contributed by atoms with Gasteiger partial charge >= 0.3 is 0 Å². The van der Waals surface area contributed by atoms with Gasteiger partial charge in [0.2, 0.25) is 6.79 Å². The number of imidazole rings is 1. The van der Waals surface area contributed by atoms with Crippen molar-refractivity contribution in [2.24, 2.45) is 13.0 Å². The van der Waals surface area contributed by atoms with Gasteiger partial charge in [0.1, 0.15) is 5.82 Å². The van der Waals surface area contributed by atoms with Crippen molar-refractivity contribution in [1.29, 1.82) is 0 Å². The molecule has 1 fully saturated rings. The normalized spacial score (nSPS) is 19.2. The summed E-state index contributed by atoms with van der Waals surface area (Å²) in [6.45, 7) is 2.74. The van der Waals surface area contributed by atoms with E-state index in [1.54, 1.807) is 0 Å². The summed E-state index contributed by atoms with van der Waals surface area (Å²) in [5.74, 6) is 2.61. The van der Waals surface area contributed by atoms with Gasteiger partial charge in [-0.1, -0.05) is 12.1 Å². The third-order valence-corrected chi connectivity index (χ3v) is 5.78. The summed E-state index contributed by atoms with van der Waals surface area (Å²) < 4.78 is 12.9. The molecule has 2 aliphatic heterocycles. The molecule has 3 heterocycles. The van der Waals surface area contributed by atoms with Crippen LogP contribution in [0.2, 0.25) is 0 Å². The number of fused-ring (bicyclic) bond motifs is 2. The number of likely N-dealkylation sites (tertiary alicyclic amines) is 1. The van der Waals surface area contributed by atoms with Gasteiger partial charge in [-0.3, -0.25) is 9.69 Å². The number of ether oxygens (including phenoxy) is 2. The summed E-state index contributed by atoms with van der Waals surface area (Å²) in [7, 11) is 2.06. The van der Waals surface area contributed by atoms with Gasteiger partial charge in [0.15, 0.2) is 17.3 Å². The molecule has 1 saturated heterocycles. The fourth-order valence-electron chi connectivity index (χ4n) is 4.24. The van der Waals surface area contributed by atoms with Crippen LogP contribution in [0.1, 0.15) is 29.0 Å². The van der Waals surface area contributed by atoms with E-state index in [0.717, 1.165) is 49.3 Å². The van der Waals surface area contributed by atoms with E-state index < -0.39 is 0 Å². The molecule has 0 N–H and O–H groups in total. The van der Waals surface area contributed by atoms with E-state index in [1.165, 1.54) is 0 Å². The number of carbonyl (C=O) groups excluding carboxylic acids is 1. The van der Waals surface area contributed by atoms with E-state index in [0.29, 0.717) is 17.1 Å². The summed E-state index contributed by atoms with van der Waals surface area (Å²) in [4.78, 5) is 20.2. The molecule has 28 heavy (non-hydrogen) atoms. The van der Waals surface area contributed by atoms with E-state index in [-0.39, 0.29) is 18.5 Å². The van der Waals surface area contributed by atoms with Crippen LogP contribution in [0, 0.1) is 5.92 Å². The average molecular weight is 377 g/mol. The summed E-state index contributed by atoms with van der Waals surface area (Å²) in [6.07, 6.45) is 1.94. The molecular weight excluding hydrogens is 354 g/mol. The van der Waals surface area contributed by atoms with Crippen LogP contribution in [-0.2, 0) is 13.6 Å². The highest BCUT2D eigenvalue weighted by molar-refractivity contribution is 5.98. The van der Waals surface area contributed by atoms with Gasteiger partial charge in [0.05, 0.1) is 17.6 Å². The second-order valence-corrected chi connectivity index (χ2v) is 7.58. The predicted molar refractivity (Wildman–Crippen MR) is 106 cm³/mol. The van der Waals surface area contributed by atoms with Gasteiger partial charge in [0, 0.05) is 25.1 Å². The second kappa shape index (κ2) is 6.95. The molecule has 0 radical (unpaired) electrons. The van der Waals surface area contributed by atoms with Crippen LogP contribution in [0.25, 0.3) is 11.0 Å². The first-order valence-corrected chi connectivity index (χ1v) is 9.75. The Hall–Kier alpha value is -2.86. The highest BCUT2D eigenvalue weighted by atomic mass is 16.7. The molecular formula is C22H23N3O3. The molecule has 0 amide bonds. The van der Waals surface area contributed by atoms with Crippen molar-refractivity contribution in [2.75, 3.05) is 19.9 Å². The highest BCUT2D eigenvalue weighted by Crippen LogP contribution is 2.34. The minimum atomic E-state index is 0.00352. The third-order valence-electron chi connectivity index (χ3n) is 5.78. The Balaban J connectivity index is 1.31. The van der Waals surface area contributed by atoms with Crippen LogP contribution in [0.15, 0.2) is 42.5 Å². The Labute approximate surface area is 163 Å². The molecule has 2 aromatic carbocycles. The number of aryl methyl sites for hydroxylation is 1. The topological polar surface area (TPSA) is 56.6 Å². The molecule has 1 aromatic heterocycles. The lowest BCUT2D eigenvalue weighted by Crippen LogP contribution is -2.38. The molecule has 0 spiro atoms. The maximum Gasteiger partial charge on any atom is 0.231 e.